The van der Waals surface area contributed by atoms with E-state index >= 15 is 0 Å². The van der Waals surface area contributed by atoms with Gasteiger partial charge in [-0.1, -0.05) is 33.6 Å². The van der Waals surface area contributed by atoms with E-state index in [9.17, 15) is 0 Å². The van der Waals surface area contributed by atoms with Crippen molar-refractivity contribution < 1.29 is 0 Å². The predicted molar refractivity (Wildman–Crippen MR) is 104 cm³/mol. The number of fused-ring (bicyclic) bond motifs is 1. The van der Waals surface area contributed by atoms with Crippen molar-refractivity contribution in [3.63, 3.8) is 0 Å². The maximum Gasteiger partial charge on any atom is 0.168 e. The molecule has 0 bridgehead atoms. The van der Waals surface area contributed by atoms with Gasteiger partial charge in [-0.15, -0.1) is 0 Å². The van der Waals surface area contributed by atoms with Gasteiger partial charge < -0.3 is 5.32 Å². The van der Waals surface area contributed by atoms with Gasteiger partial charge in [-0.25, -0.2) is 14.6 Å². The van der Waals surface area contributed by atoms with Gasteiger partial charge in [-0.05, 0) is 49.4 Å². The van der Waals surface area contributed by atoms with Crippen LogP contribution in [0, 0.1) is 6.92 Å². The van der Waals surface area contributed by atoms with Crippen LogP contribution < -0.4 is 5.32 Å². The molecule has 25 heavy (non-hydrogen) atoms. The van der Waals surface area contributed by atoms with Crippen LogP contribution in [0.4, 0.5) is 11.5 Å². The minimum Gasteiger partial charge on any atom is -0.339 e. The van der Waals surface area contributed by atoms with E-state index in [1.807, 2.05) is 55.5 Å². The molecule has 0 fully saturated rings. The Balaban J connectivity index is 1.82. The van der Waals surface area contributed by atoms with Gasteiger partial charge in [0.15, 0.2) is 5.65 Å². The van der Waals surface area contributed by atoms with Gasteiger partial charge in [0.05, 0.1) is 17.3 Å². The Morgan fingerprint density at radius 1 is 1.08 bits per heavy atom. The number of hydrogen-bond donors (Lipinski definition) is 1. The molecule has 0 amide bonds. The quantitative estimate of drug-likeness (QED) is 0.495. The largest absolute Gasteiger partial charge is 0.339 e. The lowest BCUT2D eigenvalue weighted by molar-refractivity contribution is 0.890. The first kappa shape index (κ1) is 16.1. The lowest BCUT2D eigenvalue weighted by atomic mass is 10.3. The van der Waals surface area contributed by atoms with Crippen molar-refractivity contribution in [2.75, 3.05) is 5.32 Å². The third-order valence-corrected chi connectivity index (χ3v) is 4.44. The summed E-state index contributed by atoms with van der Waals surface area (Å²) in [6.45, 7) is 1.87. The Bertz CT molecular complexity index is 1060. The Labute approximate surface area is 157 Å². The van der Waals surface area contributed by atoms with Crippen LogP contribution in [0.25, 0.3) is 16.7 Å². The van der Waals surface area contributed by atoms with Crippen molar-refractivity contribution >= 4 is 50.1 Å². The standard InChI is InChI=1S/C18H13BrClN5/c1-11-22-17(24-14-4-2-3-12(19)9-14)16-10-21-25(18(16)23-11)15-7-5-13(20)6-8-15/h2-10H,1H3,(H,22,23,24). The number of aryl methyl sites for hydroxylation is 1. The van der Waals surface area contributed by atoms with Gasteiger partial charge in [-0.3, -0.25) is 0 Å². The summed E-state index contributed by atoms with van der Waals surface area (Å²) in [6.07, 6.45) is 1.77. The van der Waals surface area contributed by atoms with Gasteiger partial charge in [0, 0.05) is 15.2 Å². The van der Waals surface area contributed by atoms with Crippen molar-refractivity contribution in [1.82, 2.24) is 19.7 Å². The van der Waals surface area contributed by atoms with Gasteiger partial charge in [0.25, 0.3) is 0 Å². The molecule has 4 aromatic rings. The predicted octanol–water partition coefficient (Wildman–Crippen LogP) is 5.28. The Kier molecular flexibility index (Phi) is 4.15. The van der Waals surface area contributed by atoms with Crippen LogP contribution >= 0.6 is 27.5 Å². The second kappa shape index (κ2) is 6.46. The van der Waals surface area contributed by atoms with E-state index in [-0.39, 0.29) is 0 Å². The summed E-state index contributed by atoms with van der Waals surface area (Å²) in [4.78, 5) is 9.10. The molecule has 124 valence electrons. The summed E-state index contributed by atoms with van der Waals surface area (Å²) in [6, 6.07) is 15.4. The first-order valence-electron chi connectivity index (χ1n) is 7.61. The number of anilines is 2. The molecule has 0 unspecified atom stereocenters. The summed E-state index contributed by atoms with van der Waals surface area (Å²) in [7, 11) is 0. The molecule has 2 aromatic heterocycles. The molecule has 1 N–H and O–H groups in total. The highest BCUT2D eigenvalue weighted by Gasteiger charge is 2.13. The zero-order valence-electron chi connectivity index (χ0n) is 13.2. The zero-order chi connectivity index (χ0) is 17.4. The number of hydrogen-bond acceptors (Lipinski definition) is 4. The molecule has 0 aliphatic rings. The SMILES string of the molecule is Cc1nc(Nc2cccc(Br)c2)c2cnn(-c3ccc(Cl)cc3)c2n1. The fourth-order valence-electron chi connectivity index (χ4n) is 2.59. The molecule has 5 nitrogen and oxygen atoms in total. The Hall–Kier alpha value is -2.44. The topological polar surface area (TPSA) is 55.6 Å². The van der Waals surface area contributed by atoms with E-state index in [1.165, 1.54) is 0 Å². The molecule has 0 atom stereocenters. The molecule has 0 saturated carbocycles. The number of benzene rings is 2. The van der Waals surface area contributed by atoms with Crippen LogP contribution in [0.2, 0.25) is 5.02 Å². The summed E-state index contributed by atoms with van der Waals surface area (Å²) in [5.41, 5.74) is 2.58. The lowest BCUT2D eigenvalue weighted by Gasteiger charge is -2.09. The molecule has 2 aromatic carbocycles. The van der Waals surface area contributed by atoms with Crippen LogP contribution in [0.5, 0.6) is 0 Å². The molecule has 2 heterocycles. The van der Waals surface area contributed by atoms with Crippen LogP contribution in [-0.4, -0.2) is 19.7 Å². The summed E-state index contributed by atoms with van der Waals surface area (Å²) >= 11 is 9.46. The highest BCUT2D eigenvalue weighted by Crippen LogP contribution is 2.27. The minimum atomic E-state index is 0.667. The van der Waals surface area contributed by atoms with Crippen LogP contribution in [-0.2, 0) is 0 Å². The second-order valence-corrected chi connectivity index (χ2v) is 6.88. The van der Waals surface area contributed by atoms with Gasteiger partial charge in [-0.2, -0.15) is 5.10 Å². The minimum absolute atomic E-state index is 0.667. The maximum absolute atomic E-state index is 5.98. The highest BCUT2D eigenvalue weighted by molar-refractivity contribution is 9.10. The average molecular weight is 415 g/mol. The van der Waals surface area contributed by atoms with Crippen molar-refractivity contribution in [2.24, 2.45) is 0 Å². The zero-order valence-corrected chi connectivity index (χ0v) is 15.6. The maximum atomic E-state index is 5.98. The number of nitrogens with one attached hydrogen (secondary N) is 1. The van der Waals surface area contributed by atoms with Gasteiger partial charge in [0.1, 0.15) is 11.6 Å². The van der Waals surface area contributed by atoms with Crippen molar-refractivity contribution in [3.05, 3.63) is 70.0 Å². The molecule has 0 radical (unpaired) electrons. The molecular weight excluding hydrogens is 402 g/mol. The normalized spacial score (nSPS) is 11.0. The second-order valence-electron chi connectivity index (χ2n) is 5.52. The number of rotatable bonds is 3. The summed E-state index contributed by atoms with van der Waals surface area (Å²) in [5, 5.41) is 9.36. The first-order valence-corrected chi connectivity index (χ1v) is 8.78. The van der Waals surface area contributed by atoms with E-state index < -0.39 is 0 Å². The fraction of sp³-hybridized carbons (Fsp3) is 0.0556. The van der Waals surface area contributed by atoms with E-state index in [4.69, 9.17) is 11.6 Å². The van der Waals surface area contributed by atoms with E-state index in [2.05, 4.69) is 36.3 Å². The molecule has 0 aliphatic carbocycles. The first-order chi connectivity index (χ1) is 12.1. The number of nitrogens with zero attached hydrogens (tertiary/aromatic N) is 4. The number of aromatic nitrogens is 4. The van der Waals surface area contributed by atoms with Crippen LogP contribution in [0.1, 0.15) is 5.82 Å². The van der Waals surface area contributed by atoms with Gasteiger partial charge >= 0.3 is 0 Å². The average Bonchev–Trinajstić information content (AvgIpc) is 2.99. The Morgan fingerprint density at radius 3 is 2.64 bits per heavy atom. The lowest BCUT2D eigenvalue weighted by Crippen LogP contribution is -2.02. The monoisotopic (exact) mass is 413 g/mol. The molecule has 0 saturated heterocycles. The molecule has 4 rings (SSSR count). The van der Waals surface area contributed by atoms with Gasteiger partial charge in [0.2, 0.25) is 0 Å². The van der Waals surface area contributed by atoms with E-state index in [1.54, 1.807) is 10.9 Å². The fourth-order valence-corrected chi connectivity index (χ4v) is 3.11. The molecule has 7 heteroatoms. The molecule has 0 aliphatic heterocycles. The third-order valence-electron chi connectivity index (χ3n) is 3.70. The van der Waals surface area contributed by atoms with Crippen molar-refractivity contribution in [1.29, 1.82) is 0 Å². The van der Waals surface area contributed by atoms with E-state index in [0.29, 0.717) is 10.8 Å². The smallest absolute Gasteiger partial charge is 0.168 e. The van der Waals surface area contributed by atoms with Crippen LogP contribution in [0.3, 0.4) is 0 Å². The summed E-state index contributed by atoms with van der Waals surface area (Å²) in [5.74, 6) is 1.39. The molecular formula is C18H13BrClN5. The highest BCUT2D eigenvalue weighted by atomic mass is 79.9. The molecule has 0 spiro atoms. The summed E-state index contributed by atoms with van der Waals surface area (Å²) < 4.78 is 2.78. The van der Waals surface area contributed by atoms with E-state index in [0.717, 1.165) is 32.7 Å². The van der Waals surface area contributed by atoms with Crippen molar-refractivity contribution in [3.8, 4) is 5.69 Å². The van der Waals surface area contributed by atoms with Crippen molar-refractivity contribution in [2.45, 2.75) is 6.92 Å². The third kappa shape index (κ3) is 3.23. The number of halogens is 2. The van der Waals surface area contributed by atoms with Crippen LogP contribution in [0.15, 0.2) is 59.2 Å². The Morgan fingerprint density at radius 2 is 1.88 bits per heavy atom.